The molecule has 0 radical (unpaired) electrons. The zero-order valence-electron chi connectivity index (χ0n) is 17.7. The number of aryl methyl sites for hydroxylation is 1. The molecule has 0 aliphatic rings. The van der Waals surface area contributed by atoms with Crippen molar-refractivity contribution in [1.82, 2.24) is 25.4 Å². The molecule has 0 aliphatic heterocycles. The molecule has 0 saturated heterocycles. The predicted octanol–water partition coefficient (Wildman–Crippen LogP) is 2.24. The predicted molar refractivity (Wildman–Crippen MR) is 124 cm³/mol. The number of hydrogen-bond acceptors (Lipinski definition) is 6. The fourth-order valence-corrected chi connectivity index (χ4v) is 2.77. The summed E-state index contributed by atoms with van der Waals surface area (Å²) in [5.41, 5.74) is 0.857. The number of aliphatic imine (C=N–C) groups is 1. The number of rotatable bonds is 10. The van der Waals surface area contributed by atoms with Gasteiger partial charge in [-0.15, -0.1) is 34.2 Å². The lowest BCUT2D eigenvalue weighted by molar-refractivity contribution is 0.369. The van der Waals surface area contributed by atoms with Crippen molar-refractivity contribution in [3.63, 3.8) is 0 Å². The highest BCUT2D eigenvalue weighted by Crippen LogP contribution is 2.34. The van der Waals surface area contributed by atoms with E-state index in [0.29, 0.717) is 36.3 Å². The van der Waals surface area contributed by atoms with Crippen molar-refractivity contribution in [2.24, 2.45) is 4.99 Å². The average molecular weight is 518 g/mol. The number of hydrogen-bond donors (Lipinski definition) is 2. The van der Waals surface area contributed by atoms with Crippen molar-refractivity contribution in [2.45, 2.75) is 33.4 Å². The Morgan fingerprint density at radius 3 is 2.31 bits per heavy atom. The molecule has 0 aliphatic carbocycles. The molecule has 29 heavy (non-hydrogen) atoms. The Bertz CT molecular complexity index is 756. The van der Waals surface area contributed by atoms with Crippen LogP contribution in [-0.4, -0.2) is 55.1 Å². The van der Waals surface area contributed by atoms with E-state index in [2.05, 4.69) is 32.7 Å². The first-order chi connectivity index (χ1) is 13.7. The molecule has 1 heterocycles. The largest absolute Gasteiger partial charge is 0.496 e. The third-order valence-electron chi connectivity index (χ3n) is 4.21. The number of nitrogens with zero attached hydrogens (tertiary/aromatic N) is 4. The number of aromatic nitrogens is 3. The van der Waals surface area contributed by atoms with Crippen LogP contribution < -0.4 is 24.8 Å². The van der Waals surface area contributed by atoms with Gasteiger partial charge in [-0.1, -0.05) is 6.92 Å². The van der Waals surface area contributed by atoms with Crippen molar-refractivity contribution >= 4 is 29.9 Å². The zero-order valence-corrected chi connectivity index (χ0v) is 20.0. The van der Waals surface area contributed by atoms with Gasteiger partial charge in [0.1, 0.15) is 29.4 Å². The van der Waals surface area contributed by atoms with Gasteiger partial charge in [-0.3, -0.25) is 0 Å². The van der Waals surface area contributed by atoms with E-state index in [-0.39, 0.29) is 24.0 Å². The molecule has 0 amide bonds. The molecular formula is C19H31IN6O3. The summed E-state index contributed by atoms with van der Waals surface area (Å²) in [7, 11) is 4.85. The standard InChI is InChI=1S/C19H30N6O3.HI/c1-6-18-24-23-13-25(18)9-8-21-19(20-7-2)22-12-15-16(27-4)10-14(26-3)11-17(15)28-5;/h10-11,13H,6-9,12H2,1-5H3,(H2,20,21,22);1H. The summed E-state index contributed by atoms with van der Waals surface area (Å²) in [6.07, 6.45) is 2.60. The van der Waals surface area contributed by atoms with E-state index >= 15 is 0 Å². The molecule has 0 bridgehead atoms. The van der Waals surface area contributed by atoms with Crippen LogP contribution in [0, 0.1) is 0 Å². The molecule has 0 atom stereocenters. The number of halogens is 1. The molecule has 2 N–H and O–H groups in total. The second-order valence-corrected chi connectivity index (χ2v) is 5.93. The normalized spacial score (nSPS) is 10.9. The Balaban J connectivity index is 0.00000420. The zero-order chi connectivity index (χ0) is 20.4. The Kier molecular flexibility index (Phi) is 11.2. The first-order valence-electron chi connectivity index (χ1n) is 9.34. The van der Waals surface area contributed by atoms with Crippen molar-refractivity contribution in [1.29, 1.82) is 0 Å². The van der Waals surface area contributed by atoms with Gasteiger partial charge in [0.2, 0.25) is 0 Å². The molecular weight excluding hydrogens is 487 g/mol. The summed E-state index contributed by atoms with van der Waals surface area (Å²) in [5.74, 6) is 3.71. The molecule has 9 nitrogen and oxygen atoms in total. The van der Waals surface area contributed by atoms with Gasteiger partial charge >= 0.3 is 0 Å². The Morgan fingerprint density at radius 1 is 1.07 bits per heavy atom. The molecule has 1 aromatic carbocycles. The van der Waals surface area contributed by atoms with Crippen LogP contribution in [0.1, 0.15) is 25.2 Å². The smallest absolute Gasteiger partial charge is 0.191 e. The van der Waals surface area contributed by atoms with E-state index in [9.17, 15) is 0 Å². The van der Waals surface area contributed by atoms with Crippen molar-refractivity contribution in [3.05, 3.63) is 29.8 Å². The van der Waals surface area contributed by atoms with Gasteiger partial charge in [-0.25, -0.2) is 4.99 Å². The van der Waals surface area contributed by atoms with Crippen LogP contribution in [0.5, 0.6) is 17.2 Å². The topological polar surface area (TPSA) is 94.8 Å². The highest BCUT2D eigenvalue weighted by atomic mass is 127. The highest BCUT2D eigenvalue weighted by Gasteiger charge is 2.13. The molecule has 2 rings (SSSR count). The summed E-state index contributed by atoms with van der Waals surface area (Å²) in [4.78, 5) is 4.67. The van der Waals surface area contributed by atoms with Crippen LogP contribution in [0.25, 0.3) is 0 Å². The minimum atomic E-state index is 0. The molecule has 0 saturated carbocycles. The summed E-state index contributed by atoms with van der Waals surface area (Å²) in [6.45, 7) is 6.72. The minimum absolute atomic E-state index is 0. The van der Waals surface area contributed by atoms with Crippen LogP contribution in [-0.2, 0) is 19.5 Å². The summed E-state index contributed by atoms with van der Waals surface area (Å²) < 4.78 is 18.3. The summed E-state index contributed by atoms with van der Waals surface area (Å²) in [6, 6.07) is 3.65. The van der Waals surface area contributed by atoms with Crippen molar-refractivity contribution < 1.29 is 14.2 Å². The third kappa shape index (κ3) is 6.94. The van der Waals surface area contributed by atoms with Gasteiger partial charge in [0, 0.05) is 38.2 Å². The molecule has 162 valence electrons. The average Bonchev–Trinajstić information content (AvgIpc) is 3.18. The maximum Gasteiger partial charge on any atom is 0.191 e. The SMILES string of the molecule is CCNC(=NCc1c(OC)cc(OC)cc1OC)NCCn1cnnc1CC.I. The number of guanidine groups is 1. The molecule has 0 unspecified atom stereocenters. The Hall–Kier alpha value is -2.24. The van der Waals surface area contributed by atoms with Crippen molar-refractivity contribution in [3.8, 4) is 17.2 Å². The summed E-state index contributed by atoms with van der Waals surface area (Å²) in [5, 5.41) is 14.6. The maximum atomic E-state index is 5.49. The third-order valence-corrected chi connectivity index (χ3v) is 4.21. The van der Waals surface area contributed by atoms with E-state index in [1.807, 2.05) is 23.6 Å². The fraction of sp³-hybridized carbons (Fsp3) is 0.526. The Labute approximate surface area is 189 Å². The first-order valence-corrected chi connectivity index (χ1v) is 9.34. The first kappa shape index (κ1) is 24.8. The minimum Gasteiger partial charge on any atom is -0.496 e. The quantitative estimate of drug-likeness (QED) is 0.283. The number of methoxy groups -OCH3 is 3. The lowest BCUT2D eigenvalue weighted by atomic mass is 10.1. The Morgan fingerprint density at radius 2 is 1.76 bits per heavy atom. The molecule has 0 fully saturated rings. The van der Waals surface area contributed by atoms with Crippen LogP contribution in [0.3, 0.4) is 0 Å². The van der Waals surface area contributed by atoms with Crippen LogP contribution >= 0.6 is 24.0 Å². The van der Waals surface area contributed by atoms with Gasteiger partial charge < -0.3 is 29.4 Å². The number of ether oxygens (including phenoxy) is 3. The number of nitrogens with one attached hydrogen (secondary N) is 2. The van der Waals surface area contributed by atoms with Gasteiger partial charge in [-0.2, -0.15) is 0 Å². The lowest BCUT2D eigenvalue weighted by Gasteiger charge is -2.15. The summed E-state index contributed by atoms with van der Waals surface area (Å²) >= 11 is 0. The highest BCUT2D eigenvalue weighted by molar-refractivity contribution is 14.0. The van der Waals surface area contributed by atoms with E-state index < -0.39 is 0 Å². The van der Waals surface area contributed by atoms with E-state index in [1.165, 1.54) is 0 Å². The number of benzene rings is 1. The van der Waals surface area contributed by atoms with Gasteiger partial charge in [-0.05, 0) is 6.92 Å². The fourth-order valence-electron chi connectivity index (χ4n) is 2.77. The van der Waals surface area contributed by atoms with Crippen LogP contribution in [0.4, 0.5) is 0 Å². The second kappa shape index (κ2) is 13.1. The molecule has 2 aromatic rings. The van der Waals surface area contributed by atoms with Crippen molar-refractivity contribution in [2.75, 3.05) is 34.4 Å². The van der Waals surface area contributed by atoms with Gasteiger partial charge in [0.25, 0.3) is 0 Å². The van der Waals surface area contributed by atoms with E-state index in [1.54, 1.807) is 27.7 Å². The van der Waals surface area contributed by atoms with Crippen LogP contribution in [0.2, 0.25) is 0 Å². The van der Waals surface area contributed by atoms with E-state index in [4.69, 9.17) is 14.2 Å². The molecule has 1 aromatic heterocycles. The van der Waals surface area contributed by atoms with Gasteiger partial charge in [0.15, 0.2) is 5.96 Å². The monoisotopic (exact) mass is 518 g/mol. The van der Waals surface area contributed by atoms with E-state index in [0.717, 1.165) is 30.9 Å². The maximum absolute atomic E-state index is 5.49. The molecule has 10 heteroatoms. The lowest BCUT2D eigenvalue weighted by Crippen LogP contribution is -2.39. The molecule has 0 spiro atoms. The van der Waals surface area contributed by atoms with Gasteiger partial charge in [0.05, 0.1) is 33.4 Å². The second-order valence-electron chi connectivity index (χ2n) is 5.93. The van der Waals surface area contributed by atoms with Crippen LogP contribution in [0.15, 0.2) is 23.5 Å².